The molecule has 2 aromatic heterocycles. The molecule has 0 aliphatic rings. The number of pyridine rings is 1. The fourth-order valence-electron chi connectivity index (χ4n) is 2.60. The van der Waals surface area contributed by atoms with Gasteiger partial charge in [-0.25, -0.2) is 0 Å². The Kier molecular flexibility index (Phi) is 2.24. The van der Waals surface area contributed by atoms with Crippen LogP contribution in [0, 0.1) is 0 Å². The summed E-state index contributed by atoms with van der Waals surface area (Å²) in [5, 5.41) is 2.37. The maximum atomic E-state index is 5.98. The quantitative estimate of drug-likeness (QED) is 0.547. The van der Waals surface area contributed by atoms with E-state index in [9.17, 15) is 0 Å². The zero-order chi connectivity index (χ0) is 12.9. The van der Waals surface area contributed by atoms with E-state index in [0.29, 0.717) is 0 Å². The van der Waals surface area contributed by atoms with Gasteiger partial charge in [0, 0.05) is 16.9 Å². The van der Waals surface area contributed by atoms with Gasteiger partial charge in [0.1, 0.15) is 12.6 Å². The normalized spacial score (nSPS) is 12.4. The molecule has 3 aromatic rings. The van der Waals surface area contributed by atoms with E-state index in [1.807, 2.05) is 12.1 Å². The van der Waals surface area contributed by atoms with E-state index in [0.717, 1.165) is 11.3 Å². The van der Waals surface area contributed by atoms with Crippen LogP contribution in [-0.4, -0.2) is 0 Å². The molecule has 0 saturated heterocycles. The van der Waals surface area contributed by atoms with Crippen LogP contribution >= 0.6 is 0 Å². The molecule has 0 saturated carbocycles. The highest BCUT2D eigenvalue weighted by atomic mass is 16.3. The third kappa shape index (κ3) is 1.52. The van der Waals surface area contributed by atoms with Gasteiger partial charge in [0.25, 0.3) is 0 Å². The lowest BCUT2D eigenvalue weighted by atomic mass is 9.91. The molecule has 0 atom stereocenters. The van der Waals surface area contributed by atoms with Gasteiger partial charge in [0.2, 0.25) is 0 Å². The maximum Gasteiger partial charge on any atom is 0.381 e. The third-order valence-electron chi connectivity index (χ3n) is 3.46. The Morgan fingerprint density at radius 2 is 1.67 bits per heavy atom. The van der Waals surface area contributed by atoms with Crippen LogP contribution in [-0.2, 0) is 12.5 Å². The van der Waals surface area contributed by atoms with E-state index >= 15 is 0 Å². The van der Waals surface area contributed by atoms with Crippen molar-refractivity contribution in [2.24, 2.45) is 7.05 Å². The number of hydrogen-bond acceptors (Lipinski definition) is 1. The minimum Gasteiger partial charge on any atom is -0.404 e. The number of benzene rings is 1. The molecule has 1 aromatic carbocycles. The SMILES string of the molecule is C[n+]1c(C(C)(C)C)ccc2c3ccccc3oc21. The van der Waals surface area contributed by atoms with Crippen LogP contribution in [0.15, 0.2) is 40.8 Å². The van der Waals surface area contributed by atoms with Crippen molar-refractivity contribution in [2.75, 3.05) is 0 Å². The minimum absolute atomic E-state index is 0.113. The molecule has 0 bridgehead atoms. The van der Waals surface area contributed by atoms with Crippen LogP contribution in [0.1, 0.15) is 26.5 Å². The number of rotatable bonds is 0. The predicted octanol–water partition coefficient (Wildman–Crippen LogP) is 3.71. The van der Waals surface area contributed by atoms with Gasteiger partial charge in [-0.1, -0.05) is 39.0 Å². The van der Waals surface area contributed by atoms with E-state index in [1.54, 1.807) is 0 Å². The molecule has 0 amide bonds. The van der Waals surface area contributed by atoms with Gasteiger partial charge >= 0.3 is 5.71 Å². The maximum absolute atomic E-state index is 5.98. The van der Waals surface area contributed by atoms with Crippen LogP contribution in [0.4, 0.5) is 0 Å². The summed E-state index contributed by atoms with van der Waals surface area (Å²) in [4.78, 5) is 0. The van der Waals surface area contributed by atoms with Crippen molar-refractivity contribution in [3.05, 3.63) is 42.1 Å². The molecule has 2 heterocycles. The molecule has 92 valence electrons. The average molecular weight is 240 g/mol. The zero-order valence-electron chi connectivity index (χ0n) is 11.3. The predicted molar refractivity (Wildman–Crippen MR) is 73.6 cm³/mol. The smallest absolute Gasteiger partial charge is 0.381 e. The third-order valence-corrected chi connectivity index (χ3v) is 3.46. The van der Waals surface area contributed by atoms with E-state index in [1.165, 1.54) is 16.5 Å². The van der Waals surface area contributed by atoms with Crippen molar-refractivity contribution < 1.29 is 8.98 Å². The van der Waals surface area contributed by atoms with Gasteiger partial charge in [-0.2, -0.15) is 4.57 Å². The van der Waals surface area contributed by atoms with E-state index < -0.39 is 0 Å². The Morgan fingerprint density at radius 3 is 2.39 bits per heavy atom. The lowest BCUT2D eigenvalue weighted by Crippen LogP contribution is -2.39. The molecular formula is C16H18NO+. The molecule has 18 heavy (non-hydrogen) atoms. The van der Waals surface area contributed by atoms with Crippen molar-refractivity contribution in [3.8, 4) is 0 Å². The summed E-state index contributed by atoms with van der Waals surface area (Å²) in [6.07, 6.45) is 0. The van der Waals surface area contributed by atoms with Gasteiger partial charge in [-0.05, 0) is 12.1 Å². The van der Waals surface area contributed by atoms with E-state index in [4.69, 9.17) is 4.42 Å². The van der Waals surface area contributed by atoms with Crippen LogP contribution in [0.2, 0.25) is 0 Å². The standard InChI is InChI=1S/C16H18NO/c1-16(2,3)14-10-9-12-11-7-5-6-8-13(11)18-15(12)17(14)4/h5-10H,1-4H3/q+1. The zero-order valence-corrected chi connectivity index (χ0v) is 11.3. The largest absolute Gasteiger partial charge is 0.404 e. The first-order chi connectivity index (χ1) is 8.48. The lowest BCUT2D eigenvalue weighted by Gasteiger charge is -2.14. The second kappa shape index (κ2) is 3.58. The number of para-hydroxylation sites is 1. The van der Waals surface area contributed by atoms with Crippen LogP contribution in [0.3, 0.4) is 0 Å². The van der Waals surface area contributed by atoms with Gasteiger partial charge in [0.05, 0.1) is 5.39 Å². The summed E-state index contributed by atoms with van der Waals surface area (Å²) < 4.78 is 8.14. The number of fused-ring (bicyclic) bond motifs is 3. The van der Waals surface area contributed by atoms with Gasteiger partial charge < -0.3 is 4.42 Å². The molecule has 0 N–H and O–H groups in total. The number of hydrogen-bond donors (Lipinski definition) is 0. The fraction of sp³-hybridized carbons (Fsp3) is 0.312. The van der Waals surface area contributed by atoms with Gasteiger partial charge in [0.15, 0.2) is 5.69 Å². The first kappa shape index (κ1) is 11.3. The Balaban J connectivity index is 2.43. The number of nitrogens with zero attached hydrogens (tertiary/aromatic N) is 1. The Morgan fingerprint density at radius 1 is 0.944 bits per heavy atom. The van der Waals surface area contributed by atoms with Crippen molar-refractivity contribution in [1.29, 1.82) is 0 Å². The molecule has 0 aliphatic carbocycles. The fourth-order valence-corrected chi connectivity index (χ4v) is 2.60. The Labute approximate surface area is 107 Å². The second-order valence-electron chi connectivity index (χ2n) is 5.84. The van der Waals surface area contributed by atoms with E-state index in [-0.39, 0.29) is 5.41 Å². The molecule has 0 fully saturated rings. The highest BCUT2D eigenvalue weighted by Gasteiger charge is 2.27. The molecule has 0 radical (unpaired) electrons. The molecule has 2 heteroatoms. The number of aromatic nitrogens is 1. The average Bonchev–Trinajstić information content (AvgIpc) is 2.68. The van der Waals surface area contributed by atoms with E-state index in [2.05, 4.69) is 56.7 Å². The molecule has 2 nitrogen and oxygen atoms in total. The summed E-state index contributed by atoms with van der Waals surface area (Å²) >= 11 is 0. The summed E-state index contributed by atoms with van der Waals surface area (Å²) in [6.45, 7) is 6.66. The van der Waals surface area contributed by atoms with Gasteiger partial charge in [-0.3, -0.25) is 0 Å². The minimum atomic E-state index is 0.113. The number of furan rings is 1. The topological polar surface area (TPSA) is 17.0 Å². The monoisotopic (exact) mass is 240 g/mol. The summed E-state index contributed by atoms with van der Waals surface area (Å²) in [7, 11) is 2.07. The molecule has 0 unspecified atom stereocenters. The Hall–Kier alpha value is -1.83. The summed E-state index contributed by atoms with van der Waals surface area (Å²) in [6, 6.07) is 12.6. The van der Waals surface area contributed by atoms with Gasteiger partial charge in [-0.15, -0.1) is 0 Å². The van der Waals surface area contributed by atoms with Crippen LogP contribution < -0.4 is 4.57 Å². The first-order valence-corrected chi connectivity index (χ1v) is 6.29. The van der Waals surface area contributed by atoms with Crippen LogP contribution in [0.25, 0.3) is 22.1 Å². The second-order valence-corrected chi connectivity index (χ2v) is 5.84. The summed E-state index contributed by atoms with van der Waals surface area (Å²) in [5.74, 6) is 0. The van der Waals surface area contributed by atoms with Crippen molar-refractivity contribution >= 4 is 22.1 Å². The number of aryl methyl sites for hydroxylation is 1. The molecule has 3 rings (SSSR count). The van der Waals surface area contributed by atoms with Crippen molar-refractivity contribution in [3.63, 3.8) is 0 Å². The Bertz CT molecular complexity index is 732. The van der Waals surface area contributed by atoms with Crippen LogP contribution in [0.5, 0.6) is 0 Å². The lowest BCUT2D eigenvalue weighted by molar-refractivity contribution is -0.662. The molecule has 0 aliphatic heterocycles. The van der Waals surface area contributed by atoms with Crippen molar-refractivity contribution in [1.82, 2.24) is 0 Å². The summed E-state index contributed by atoms with van der Waals surface area (Å²) in [5.41, 5.74) is 3.29. The highest BCUT2D eigenvalue weighted by Crippen LogP contribution is 2.28. The first-order valence-electron chi connectivity index (χ1n) is 6.29. The van der Waals surface area contributed by atoms with Crippen molar-refractivity contribution in [2.45, 2.75) is 26.2 Å². The highest BCUT2D eigenvalue weighted by molar-refractivity contribution is 6.02. The molecular weight excluding hydrogens is 222 g/mol. The molecule has 0 spiro atoms.